The van der Waals surface area contributed by atoms with Crippen LogP contribution in [0.5, 0.6) is 0 Å². The molecule has 2 aromatic carbocycles. The van der Waals surface area contributed by atoms with Gasteiger partial charge in [0.05, 0.1) is 10.9 Å². The van der Waals surface area contributed by atoms with Crippen LogP contribution < -0.4 is 10.6 Å². The van der Waals surface area contributed by atoms with Crippen LogP contribution in [-0.2, 0) is 26.0 Å². The lowest BCUT2D eigenvalue weighted by Crippen LogP contribution is -2.49. The highest BCUT2D eigenvalue weighted by Gasteiger charge is 2.33. The second-order valence-corrected chi connectivity index (χ2v) is 11.0. The van der Waals surface area contributed by atoms with Crippen molar-refractivity contribution in [3.8, 4) is 0 Å². The molecule has 2 amide bonds. The van der Waals surface area contributed by atoms with Crippen LogP contribution >= 0.6 is 0 Å². The summed E-state index contributed by atoms with van der Waals surface area (Å²) in [5.41, 5.74) is 2.38. The van der Waals surface area contributed by atoms with E-state index < -0.39 is 21.9 Å². The maximum Gasteiger partial charge on any atom is 0.243 e. The summed E-state index contributed by atoms with van der Waals surface area (Å²) in [6, 6.07) is 12.1. The molecule has 34 heavy (non-hydrogen) atoms. The zero-order valence-electron chi connectivity index (χ0n) is 19.2. The number of fused-ring (bicyclic) bond motifs is 1. The predicted octanol–water partition coefficient (Wildman–Crippen LogP) is 2.92. The van der Waals surface area contributed by atoms with Gasteiger partial charge in [-0.15, -0.1) is 0 Å². The van der Waals surface area contributed by atoms with Crippen molar-refractivity contribution in [1.82, 2.24) is 14.9 Å². The number of nitrogens with one attached hydrogen (secondary N) is 2. The van der Waals surface area contributed by atoms with E-state index in [1.54, 1.807) is 6.92 Å². The fourth-order valence-electron chi connectivity index (χ4n) is 4.71. The maximum absolute atomic E-state index is 13.1. The Hall–Kier alpha value is -2.78. The molecule has 0 spiro atoms. The number of rotatable bonds is 6. The molecule has 2 atom stereocenters. The summed E-state index contributed by atoms with van der Waals surface area (Å²) >= 11 is 0. The Morgan fingerprint density at radius 3 is 2.41 bits per heavy atom. The molecule has 2 aliphatic rings. The fourth-order valence-corrected chi connectivity index (χ4v) is 6.18. The SMILES string of the molecule is C[C@H](NC(=O)C1CCN(S(=O)(=O)c2ccc(F)cc2)CC1)C(=O)NC1CCCc2ccccc21. The maximum atomic E-state index is 13.1. The first-order valence-corrected chi connectivity index (χ1v) is 13.1. The molecule has 1 aliphatic carbocycles. The molecular formula is C25H30FN3O4S. The van der Waals surface area contributed by atoms with Gasteiger partial charge >= 0.3 is 0 Å². The quantitative estimate of drug-likeness (QED) is 0.655. The molecule has 2 N–H and O–H groups in total. The largest absolute Gasteiger partial charge is 0.348 e. The van der Waals surface area contributed by atoms with Crippen LogP contribution in [-0.4, -0.2) is 43.7 Å². The third-order valence-corrected chi connectivity index (χ3v) is 8.63. The van der Waals surface area contributed by atoms with Crippen molar-refractivity contribution in [3.63, 3.8) is 0 Å². The first kappa shape index (κ1) is 24.3. The molecule has 7 nitrogen and oxygen atoms in total. The van der Waals surface area contributed by atoms with Gasteiger partial charge in [-0.05, 0) is 74.4 Å². The number of carbonyl (C=O) groups is 2. The van der Waals surface area contributed by atoms with E-state index >= 15 is 0 Å². The Morgan fingerprint density at radius 2 is 1.71 bits per heavy atom. The second kappa shape index (κ2) is 10.2. The van der Waals surface area contributed by atoms with Gasteiger partial charge in [0.1, 0.15) is 11.9 Å². The van der Waals surface area contributed by atoms with Crippen LogP contribution in [0.1, 0.15) is 49.8 Å². The molecule has 4 rings (SSSR count). The molecule has 1 aliphatic heterocycles. The average Bonchev–Trinajstić information content (AvgIpc) is 2.84. The zero-order valence-corrected chi connectivity index (χ0v) is 20.0. The summed E-state index contributed by atoms with van der Waals surface area (Å²) in [5, 5.41) is 5.86. The predicted molar refractivity (Wildman–Crippen MR) is 126 cm³/mol. The third-order valence-electron chi connectivity index (χ3n) is 6.71. The Morgan fingerprint density at radius 1 is 1.03 bits per heavy atom. The van der Waals surface area contributed by atoms with E-state index in [1.807, 2.05) is 18.2 Å². The van der Waals surface area contributed by atoms with Crippen molar-refractivity contribution < 1.29 is 22.4 Å². The van der Waals surface area contributed by atoms with Gasteiger partial charge in [0.15, 0.2) is 0 Å². The molecule has 1 unspecified atom stereocenters. The van der Waals surface area contributed by atoms with Crippen molar-refractivity contribution in [2.24, 2.45) is 5.92 Å². The molecule has 0 bridgehead atoms. The van der Waals surface area contributed by atoms with E-state index in [2.05, 4.69) is 16.7 Å². The van der Waals surface area contributed by atoms with Gasteiger partial charge in [-0.3, -0.25) is 9.59 Å². The first-order valence-electron chi connectivity index (χ1n) is 11.7. The Labute approximate surface area is 199 Å². The summed E-state index contributed by atoms with van der Waals surface area (Å²) in [6.07, 6.45) is 3.59. The fraction of sp³-hybridized carbons (Fsp3) is 0.440. The van der Waals surface area contributed by atoms with Gasteiger partial charge in [-0.25, -0.2) is 12.8 Å². The molecule has 1 fully saturated rings. The lowest BCUT2D eigenvalue weighted by molar-refractivity contribution is -0.131. The minimum absolute atomic E-state index is 0.0337. The highest BCUT2D eigenvalue weighted by Crippen LogP contribution is 2.29. The van der Waals surface area contributed by atoms with E-state index in [-0.39, 0.29) is 41.8 Å². The van der Waals surface area contributed by atoms with E-state index in [0.717, 1.165) is 37.0 Å². The lowest BCUT2D eigenvalue weighted by Gasteiger charge is -2.31. The number of aryl methyl sites for hydroxylation is 1. The summed E-state index contributed by atoms with van der Waals surface area (Å²) in [7, 11) is -3.73. The van der Waals surface area contributed by atoms with Gasteiger partial charge in [-0.1, -0.05) is 24.3 Å². The monoisotopic (exact) mass is 487 g/mol. The normalized spacial score (nSPS) is 20.2. The molecule has 0 aromatic heterocycles. The van der Waals surface area contributed by atoms with Crippen molar-refractivity contribution in [2.45, 2.75) is 56.0 Å². The molecule has 1 heterocycles. The van der Waals surface area contributed by atoms with Crippen molar-refractivity contribution in [1.29, 1.82) is 0 Å². The number of sulfonamides is 1. The Balaban J connectivity index is 1.29. The number of hydrogen-bond acceptors (Lipinski definition) is 4. The standard InChI is InChI=1S/C25H30FN3O4S/c1-17(24(30)28-23-8-4-6-18-5-2-3-7-22(18)23)27-25(31)19-13-15-29(16-14-19)34(32,33)21-11-9-20(26)10-12-21/h2-3,5,7,9-12,17,19,23H,4,6,8,13-16H2,1H3,(H,27,31)(H,28,30)/t17-,23?/m0/s1. The second-order valence-electron chi connectivity index (χ2n) is 9.01. The van der Waals surface area contributed by atoms with Crippen LogP contribution in [0.25, 0.3) is 0 Å². The topological polar surface area (TPSA) is 95.6 Å². The summed E-state index contributed by atoms with van der Waals surface area (Å²) in [6.45, 7) is 2.05. The van der Waals surface area contributed by atoms with Crippen LogP contribution in [0, 0.1) is 11.7 Å². The van der Waals surface area contributed by atoms with Crippen LogP contribution in [0.2, 0.25) is 0 Å². The summed E-state index contributed by atoms with van der Waals surface area (Å²) < 4.78 is 40.0. The lowest BCUT2D eigenvalue weighted by atomic mass is 9.87. The molecule has 0 radical (unpaired) electrons. The number of hydrogen-bond donors (Lipinski definition) is 2. The van der Waals surface area contributed by atoms with Crippen LogP contribution in [0.3, 0.4) is 0 Å². The minimum atomic E-state index is -3.73. The minimum Gasteiger partial charge on any atom is -0.348 e. The average molecular weight is 488 g/mol. The molecule has 9 heteroatoms. The third kappa shape index (κ3) is 5.31. The number of nitrogens with zero attached hydrogens (tertiary/aromatic N) is 1. The van der Waals surface area contributed by atoms with Gasteiger partial charge in [0, 0.05) is 19.0 Å². The number of halogens is 1. The number of amides is 2. The number of carbonyl (C=O) groups excluding carboxylic acids is 2. The first-order chi connectivity index (χ1) is 16.3. The van der Waals surface area contributed by atoms with Crippen LogP contribution in [0.4, 0.5) is 4.39 Å². The smallest absolute Gasteiger partial charge is 0.243 e. The Kier molecular flexibility index (Phi) is 7.33. The van der Waals surface area contributed by atoms with Gasteiger partial charge in [0.25, 0.3) is 0 Å². The molecule has 2 aromatic rings. The van der Waals surface area contributed by atoms with E-state index in [1.165, 1.54) is 22.0 Å². The van der Waals surface area contributed by atoms with E-state index in [9.17, 15) is 22.4 Å². The highest BCUT2D eigenvalue weighted by molar-refractivity contribution is 7.89. The van der Waals surface area contributed by atoms with Crippen molar-refractivity contribution in [2.75, 3.05) is 13.1 Å². The number of piperidine rings is 1. The summed E-state index contributed by atoms with van der Waals surface area (Å²) in [5.74, 6) is -1.34. The van der Waals surface area contributed by atoms with Gasteiger partial charge < -0.3 is 10.6 Å². The summed E-state index contributed by atoms with van der Waals surface area (Å²) in [4.78, 5) is 25.6. The van der Waals surface area contributed by atoms with Crippen molar-refractivity contribution in [3.05, 3.63) is 65.5 Å². The molecule has 182 valence electrons. The number of benzene rings is 2. The van der Waals surface area contributed by atoms with E-state index in [4.69, 9.17) is 0 Å². The molecule has 0 saturated carbocycles. The van der Waals surface area contributed by atoms with Gasteiger partial charge in [-0.2, -0.15) is 4.31 Å². The zero-order chi connectivity index (χ0) is 24.3. The van der Waals surface area contributed by atoms with E-state index in [0.29, 0.717) is 12.8 Å². The van der Waals surface area contributed by atoms with Gasteiger partial charge in [0.2, 0.25) is 21.8 Å². The molecule has 1 saturated heterocycles. The van der Waals surface area contributed by atoms with Crippen LogP contribution in [0.15, 0.2) is 53.4 Å². The molecular weight excluding hydrogens is 457 g/mol. The highest BCUT2D eigenvalue weighted by atomic mass is 32.2. The van der Waals surface area contributed by atoms with Crippen molar-refractivity contribution >= 4 is 21.8 Å². The Bertz CT molecular complexity index is 1150.